The second-order valence-electron chi connectivity index (χ2n) is 6.86. The van der Waals surface area contributed by atoms with Crippen molar-refractivity contribution in [2.24, 2.45) is 0 Å². The van der Waals surface area contributed by atoms with Gasteiger partial charge in [-0.1, -0.05) is 5.16 Å². The molecule has 2 aromatic heterocycles. The van der Waals surface area contributed by atoms with Gasteiger partial charge in [-0.05, 0) is 57.0 Å². The molecule has 2 N–H and O–H groups in total. The van der Waals surface area contributed by atoms with E-state index in [-0.39, 0.29) is 11.6 Å². The third-order valence-corrected chi connectivity index (χ3v) is 4.55. The Morgan fingerprint density at radius 2 is 1.82 bits per heavy atom. The Labute approximate surface area is 163 Å². The molecule has 1 aliphatic heterocycles. The van der Waals surface area contributed by atoms with E-state index in [1.54, 1.807) is 19.1 Å². The van der Waals surface area contributed by atoms with Crippen LogP contribution in [0.5, 0.6) is 0 Å². The van der Waals surface area contributed by atoms with Crippen molar-refractivity contribution >= 4 is 29.0 Å². The minimum absolute atomic E-state index is 0.277. The zero-order valence-electron chi connectivity index (χ0n) is 15.9. The van der Waals surface area contributed by atoms with Crippen LogP contribution in [0.15, 0.2) is 40.9 Å². The standard InChI is InChI=1S/C20H22N6O2/c1-13-11-17(23-20(21-13)24-18-12-14(2)28-25-18)19(27)22-15-5-7-16(8-6-15)26-9-3-4-10-26/h5-8,11-12H,3-4,9-10H2,1-2H3,(H,22,27)(H,21,23,24,25). The highest BCUT2D eigenvalue weighted by molar-refractivity contribution is 6.03. The minimum atomic E-state index is -0.293. The summed E-state index contributed by atoms with van der Waals surface area (Å²) >= 11 is 0. The van der Waals surface area contributed by atoms with Crippen LogP contribution in [-0.4, -0.2) is 34.1 Å². The smallest absolute Gasteiger partial charge is 0.274 e. The van der Waals surface area contributed by atoms with Crippen molar-refractivity contribution in [3.8, 4) is 0 Å². The molecule has 1 aliphatic rings. The van der Waals surface area contributed by atoms with Gasteiger partial charge in [0.1, 0.15) is 11.5 Å². The molecule has 1 amide bonds. The molecule has 3 aromatic rings. The highest BCUT2D eigenvalue weighted by Crippen LogP contribution is 2.22. The lowest BCUT2D eigenvalue weighted by atomic mass is 10.2. The maximum absolute atomic E-state index is 12.6. The highest BCUT2D eigenvalue weighted by Gasteiger charge is 2.14. The topological polar surface area (TPSA) is 96.2 Å². The summed E-state index contributed by atoms with van der Waals surface area (Å²) in [6, 6.07) is 11.3. The van der Waals surface area contributed by atoms with E-state index in [2.05, 4.69) is 30.7 Å². The molecule has 0 spiro atoms. The lowest BCUT2D eigenvalue weighted by Gasteiger charge is -2.17. The van der Waals surface area contributed by atoms with E-state index in [1.807, 2.05) is 31.2 Å². The average Bonchev–Trinajstić information content (AvgIpc) is 3.34. The van der Waals surface area contributed by atoms with E-state index in [0.29, 0.717) is 23.2 Å². The zero-order chi connectivity index (χ0) is 19.5. The molecule has 0 unspecified atom stereocenters. The number of carbonyl (C=O) groups is 1. The second-order valence-corrected chi connectivity index (χ2v) is 6.86. The Hall–Kier alpha value is -3.42. The van der Waals surface area contributed by atoms with E-state index in [9.17, 15) is 4.79 Å². The van der Waals surface area contributed by atoms with Gasteiger partial charge in [-0.3, -0.25) is 4.79 Å². The summed E-state index contributed by atoms with van der Waals surface area (Å²) in [6.07, 6.45) is 2.46. The number of hydrogen-bond donors (Lipinski definition) is 2. The van der Waals surface area contributed by atoms with Gasteiger partial charge in [-0.15, -0.1) is 0 Å². The van der Waals surface area contributed by atoms with Crippen LogP contribution in [-0.2, 0) is 0 Å². The lowest BCUT2D eigenvalue weighted by Crippen LogP contribution is -2.18. The van der Waals surface area contributed by atoms with Gasteiger partial charge in [-0.25, -0.2) is 9.97 Å². The first-order valence-electron chi connectivity index (χ1n) is 9.29. The zero-order valence-corrected chi connectivity index (χ0v) is 15.9. The van der Waals surface area contributed by atoms with E-state index >= 15 is 0 Å². The summed E-state index contributed by atoms with van der Waals surface area (Å²) in [5.74, 6) is 1.17. The molecule has 1 fully saturated rings. The summed E-state index contributed by atoms with van der Waals surface area (Å²) in [5, 5.41) is 9.69. The predicted molar refractivity (Wildman–Crippen MR) is 107 cm³/mol. The number of hydrogen-bond acceptors (Lipinski definition) is 7. The normalized spacial score (nSPS) is 13.6. The molecule has 4 rings (SSSR count). The molecule has 0 atom stereocenters. The van der Waals surface area contributed by atoms with Crippen LogP contribution in [0.3, 0.4) is 0 Å². The molecule has 0 aliphatic carbocycles. The monoisotopic (exact) mass is 378 g/mol. The molecular formula is C20H22N6O2. The maximum atomic E-state index is 12.6. The molecule has 0 radical (unpaired) electrons. The highest BCUT2D eigenvalue weighted by atomic mass is 16.5. The van der Waals surface area contributed by atoms with Crippen molar-refractivity contribution in [1.29, 1.82) is 0 Å². The molecule has 144 valence electrons. The van der Waals surface area contributed by atoms with Crippen molar-refractivity contribution in [2.75, 3.05) is 28.6 Å². The van der Waals surface area contributed by atoms with Crippen molar-refractivity contribution in [3.63, 3.8) is 0 Å². The third-order valence-electron chi connectivity index (χ3n) is 4.55. The molecule has 0 saturated carbocycles. The summed E-state index contributed by atoms with van der Waals surface area (Å²) in [5.41, 5.74) is 2.86. The molecule has 0 bridgehead atoms. The van der Waals surface area contributed by atoms with Gasteiger partial charge in [0, 0.05) is 36.2 Å². The summed E-state index contributed by atoms with van der Waals surface area (Å²) < 4.78 is 5.02. The van der Waals surface area contributed by atoms with E-state index in [1.165, 1.54) is 18.5 Å². The first kappa shape index (κ1) is 18.0. The van der Waals surface area contributed by atoms with Gasteiger partial charge in [0.2, 0.25) is 5.95 Å². The number of nitrogens with zero attached hydrogens (tertiary/aromatic N) is 4. The molecule has 8 nitrogen and oxygen atoms in total. The summed E-state index contributed by atoms with van der Waals surface area (Å²) in [7, 11) is 0. The first-order valence-corrected chi connectivity index (χ1v) is 9.29. The fourth-order valence-electron chi connectivity index (χ4n) is 3.21. The number of benzene rings is 1. The fourth-order valence-corrected chi connectivity index (χ4v) is 3.21. The molecule has 3 heterocycles. The van der Waals surface area contributed by atoms with Crippen LogP contribution in [0.1, 0.15) is 34.8 Å². The number of rotatable bonds is 5. The van der Waals surface area contributed by atoms with E-state index in [0.717, 1.165) is 18.8 Å². The molecule has 1 saturated heterocycles. The van der Waals surface area contributed by atoms with Gasteiger partial charge in [0.05, 0.1) is 0 Å². The average molecular weight is 378 g/mol. The van der Waals surface area contributed by atoms with Crippen LogP contribution in [0.4, 0.5) is 23.1 Å². The molecular weight excluding hydrogens is 356 g/mol. The number of anilines is 4. The predicted octanol–water partition coefficient (Wildman–Crippen LogP) is 3.68. The number of amides is 1. The minimum Gasteiger partial charge on any atom is -0.372 e. The molecule has 28 heavy (non-hydrogen) atoms. The number of aromatic nitrogens is 3. The number of carbonyl (C=O) groups excluding carboxylic acids is 1. The van der Waals surface area contributed by atoms with Crippen LogP contribution < -0.4 is 15.5 Å². The largest absolute Gasteiger partial charge is 0.372 e. The Morgan fingerprint density at radius 3 is 2.50 bits per heavy atom. The maximum Gasteiger partial charge on any atom is 0.274 e. The van der Waals surface area contributed by atoms with E-state index in [4.69, 9.17) is 4.52 Å². The SMILES string of the molecule is Cc1cc(C(=O)Nc2ccc(N3CCCC3)cc2)nc(Nc2cc(C)on2)n1. The summed E-state index contributed by atoms with van der Waals surface area (Å²) in [6.45, 7) is 5.78. The summed E-state index contributed by atoms with van der Waals surface area (Å²) in [4.78, 5) is 23.6. The molecule has 8 heteroatoms. The second kappa shape index (κ2) is 7.67. The number of aryl methyl sites for hydroxylation is 2. The van der Waals surface area contributed by atoms with Crippen LogP contribution in [0, 0.1) is 13.8 Å². The Bertz CT molecular complexity index is 977. The Morgan fingerprint density at radius 1 is 1.07 bits per heavy atom. The van der Waals surface area contributed by atoms with Gasteiger partial charge in [-0.2, -0.15) is 0 Å². The van der Waals surface area contributed by atoms with E-state index < -0.39 is 0 Å². The van der Waals surface area contributed by atoms with Crippen molar-refractivity contribution in [3.05, 3.63) is 53.5 Å². The van der Waals surface area contributed by atoms with Gasteiger partial charge >= 0.3 is 0 Å². The lowest BCUT2D eigenvalue weighted by molar-refractivity contribution is 0.102. The van der Waals surface area contributed by atoms with Crippen molar-refractivity contribution in [2.45, 2.75) is 26.7 Å². The van der Waals surface area contributed by atoms with Crippen molar-refractivity contribution in [1.82, 2.24) is 15.1 Å². The van der Waals surface area contributed by atoms with Crippen LogP contribution in [0.25, 0.3) is 0 Å². The molecule has 1 aromatic carbocycles. The van der Waals surface area contributed by atoms with Crippen LogP contribution >= 0.6 is 0 Å². The Balaban J connectivity index is 1.46. The van der Waals surface area contributed by atoms with Gasteiger partial charge in [0.15, 0.2) is 5.82 Å². The van der Waals surface area contributed by atoms with Crippen molar-refractivity contribution < 1.29 is 9.32 Å². The fraction of sp³-hybridized carbons (Fsp3) is 0.300. The number of nitrogens with one attached hydrogen (secondary N) is 2. The third kappa shape index (κ3) is 4.11. The van der Waals surface area contributed by atoms with Crippen LogP contribution in [0.2, 0.25) is 0 Å². The quantitative estimate of drug-likeness (QED) is 0.699. The Kier molecular flexibility index (Phi) is 4.92. The van der Waals surface area contributed by atoms with Gasteiger partial charge < -0.3 is 20.1 Å². The van der Waals surface area contributed by atoms with Gasteiger partial charge in [0.25, 0.3) is 5.91 Å². The first-order chi connectivity index (χ1) is 13.6.